The Morgan fingerprint density at radius 2 is 1.65 bits per heavy atom. The Hall–Kier alpha value is -4.00. The van der Waals surface area contributed by atoms with Gasteiger partial charge in [-0.3, -0.25) is 9.59 Å². The molecule has 40 heavy (non-hydrogen) atoms. The number of benzene rings is 3. The van der Waals surface area contributed by atoms with E-state index in [1.807, 2.05) is 72.8 Å². The lowest BCUT2D eigenvalue weighted by molar-refractivity contribution is -0.141. The van der Waals surface area contributed by atoms with Crippen molar-refractivity contribution in [3.63, 3.8) is 0 Å². The molecular formula is C33H38N2O5. The molecule has 1 N–H and O–H groups in total. The van der Waals surface area contributed by atoms with Gasteiger partial charge < -0.3 is 24.4 Å². The molecule has 1 aliphatic heterocycles. The van der Waals surface area contributed by atoms with Gasteiger partial charge in [0.1, 0.15) is 25.0 Å². The molecule has 2 aliphatic rings. The van der Waals surface area contributed by atoms with E-state index in [2.05, 4.69) is 5.32 Å². The predicted octanol–water partition coefficient (Wildman–Crippen LogP) is 5.10. The van der Waals surface area contributed by atoms with E-state index in [-0.39, 0.29) is 24.3 Å². The lowest BCUT2D eigenvalue weighted by Gasteiger charge is -2.32. The minimum atomic E-state index is -0.637. The van der Waals surface area contributed by atoms with Crippen molar-refractivity contribution in [2.24, 2.45) is 0 Å². The van der Waals surface area contributed by atoms with Crippen molar-refractivity contribution >= 4 is 11.8 Å². The smallest absolute Gasteiger partial charge is 0.243 e. The van der Waals surface area contributed by atoms with Crippen LogP contribution >= 0.6 is 0 Å². The Bertz CT molecular complexity index is 1290. The zero-order valence-electron chi connectivity index (χ0n) is 23.1. The first-order valence-electron chi connectivity index (χ1n) is 14.2. The maximum atomic E-state index is 14.0. The fourth-order valence-electron chi connectivity index (χ4n) is 5.53. The summed E-state index contributed by atoms with van der Waals surface area (Å²) in [6.07, 6.45) is 5.46. The number of methoxy groups -OCH3 is 1. The maximum Gasteiger partial charge on any atom is 0.243 e. The van der Waals surface area contributed by atoms with Gasteiger partial charge in [0.05, 0.1) is 7.11 Å². The van der Waals surface area contributed by atoms with Crippen LogP contribution in [-0.2, 0) is 29.0 Å². The van der Waals surface area contributed by atoms with Crippen molar-refractivity contribution < 1.29 is 23.8 Å². The quantitative estimate of drug-likeness (QED) is 0.365. The molecule has 0 radical (unpaired) electrons. The number of amides is 2. The molecule has 0 aromatic heterocycles. The van der Waals surface area contributed by atoms with Crippen LogP contribution in [0.4, 0.5) is 0 Å². The zero-order chi connectivity index (χ0) is 27.7. The molecule has 0 bridgehead atoms. The van der Waals surface area contributed by atoms with Crippen LogP contribution in [0.5, 0.6) is 17.2 Å². The summed E-state index contributed by atoms with van der Waals surface area (Å²) < 4.78 is 16.8. The number of hydrogen-bond donors (Lipinski definition) is 1. The first-order chi connectivity index (χ1) is 19.6. The van der Waals surface area contributed by atoms with Crippen LogP contribution in [0, 0.1) is 0 Å². The van der Waals surface area contributed by atoms with Gasteiger partial charge in [-0.1, -0.05) is 61.4 Å². The number of aryl methyl sites for hydroxylation is 1. The molecule has 3 aromatic carbocycles. The van der Waals surface area contributed by atoms with Crippen LogP contribution in [0.1, 0.15) is 48.8 Å². The summed E-state index contributed by atoms with van der Waals surface area (Å²) in [4.78, 5) is 29.6. The molecule has 1 fully saturated rings. The predicted molar refractivity (Wildman–Crippen MR) is 154 cm³/mol. The monoisotopic (exact) mass is 542 g/mol. The molecule has 7 heteroatoms. The highest BCUT2D eigenvalue weighted by molar-refractivity contribution is 5.88. The van der Waals surface area contributed by atoms with Crippen LogP contribution < -0.4 is 19.5 Å². The molecule has 0 unspecified atom stereocenters. The highest BCUT2D eigenvalue weighted by Gasteiger charge is 2.32. The number of nitrogens with one attached hydrogen (secondary N) is 1. The second-order valence-electron chi connectivity index (χ2n) is 10.5. The Balaban J connectivity index is 1.40. The normalized spacial score (nSPS) is 15.3. The Morgan fingerprint density at radius 3 is 2.42 bits per heavy atom. The Labute approximate surface area is 236 Å². The van der Waals surface area contributed by atoms with Crippen molar-refractivity contribution in [3.8, 4) is 17.2 Å². The Morgan fingerprint density at radius 1 is 0.900 bits per heavy atom. The first-order valence-corrected chi connectivity index (χ1v) is 14.2. The van der Waals surface area contributed by atoms with E-state index in [1.54, 1.807) is 12.0 Å². The van der Waals surface area contributed by atoms with Gasteiger partial charge >= 0.3 is 0 Å². The lowest BCUT2D eigenvalue weighted by atomic mass is 10.0. The third-order valence-corrected chi connectivity index (χ3v) is 7.69. The zero-order valence-corrected chi connectivity index (χ0v) is 23.1. The SMILES string of the molecule is COc1cccc(CN(C(=O)CCc2ccc3c(c2)OCCO3)[C@H](Cc2ccccc2)C(=O)NC2CCCC2)c1. The van der Waals surface area contributed by atoms with E-state index in [1.165, 1.54) is 0 Å². The fourth-order valence-corrected chi connectivity index (χ4v) is 5.53. The fraction of sp³-hybridized carbons (Fsp3) is 0.394. The maximum absolute atomic E-state index is 14.0. The summed E-state index contributed by atoms with van der Waals surface area (Å²) >= 11 is 0. The van der Waals surface area contributed by atoms with Gasteiger partial charge in [0.25, 0.3) is 0 Å². The van der Waals surface area contributed by atoms with Crippen LogP contribution in [-0.4, -0.2) is 49.1 Å². The highest BCUT2D eigenvalue weighted by atomic mass is 16.6. The van der Waals surface area contributed by atoms with E-state index < -0.39 is 6.04 Å². The molecule has 7 nitrogen and oxygen atoms in total. The summed E-state index contributed by atoms with van der Waals surface area (Å²) in [7, 11) is 1.63. The summed E-state index contributed by atoms with van der Waals surface area (Å²) in [5.41, 5.74) is 2.93. The number of fused-ring (bicyclic) bond motifs is 1. The van der Waals surface area contributed by atoms with E-state index >= 15 is 0 Å². The molecule has 3 aromatic rings. The molecule has 1 saturated carbocycles. The van der Waals surface area contributed by atoms with E-state index in [0.29, 0.717) is 38.3 Å². The molecular weight excluding hydrogens is 504 g/mol. The van der Waals surface area contributed by atoms with Gasteiger partial charge in [-0.2, -0.15) is 0 Å². The van der Waals surface area contributed by atoms with E-state index in [4.69, 9.17) is 14.2 Å². The average Bonchev–Trinajstić information content (AvgIpc) is 3.51. The molecule has 0 spiro atoms. The Kier molecular flexibility index (Phi) is 9.22. The highest BCUT2D eigenvalue weighted by Crippen LogP contribution is 2.31. The van der Waals surface area contributed by atoms with Crippen molar-refractivity contribution in [3.05, 3.63) is 89.5 Å². The van der Waals surface area contributed by atoms with Gasteiger partial charge in [-0.15, -0.1) is 0 Å². The van der Waals surface area contributed by atoms with Crippen molar-refractivity contribution in [2.45, 2.75) is 63.6 Å². The van der Waals surface area contributed by atoms with Gasteiger partial charge in [-0.25, -0.2) is 0 Å². The molecule has 0 saturated heterocycles. The van der Waals surface area contributed by atoms with E-state index in [0.717, 1.165) is 53.9 Å². The van der Waals surface area contributed by atoms with Crippen molar-refractivity contribution in [2.75, 3.05) is 20.3 Å². The summed E-state index contributed by atoms with van der Waals surface area (Å²) in [6, 6.07) is 23.0. The van der Waals surface area contributed by atoms with Crippen LogP contribution in [0.3, 0.4) is 0 Å². The molecule has 1 atom stereocenters. The van der Waals surface area contributed by atoms with Crippen LogP contribution in [0.2, 0.25) is 0 Å². The third-order valence-electron chi connectivity index (χ3n) is 7.69. The molecule has 1 aliphatic carbocycles. The molecule has 2 amide bonds. The number of rotatable bonds is 11. The van der Waals surface area contributed by atoms with Gasteiger partial charge in [-0.05, 0) is 60.2 Å². The minimum absolute atomic E-state index is 0.0692. The first kappa shape index (κ1) is 27.6. The number of carbonyl (C=O) groups excluding carboxylic acids is 2. The lowest BCUT2D eigenvalue weighted by Crippen LogP contribution is -2.52. The van der Waals surface area contributed by atoms with Crippen molar-refractivity contribution in [1.29, 1.82) is 0 Å². The molecule has 5 rings (SSSR count). The second kappa shape index (κ2) is 13.4. The summed E-state index contributed by atoms with van der Waals surface area (Å²) in [5, 5.41) is 3.26. The van der Waals surface area contributed by atoms with E-state index in [9.17, 15) is 9.59 Å². The summed E-state index contributed by atoms with van der Waals surface area (Å²) in [6.45, 7) is 1.36. The van der Waals surface area contributed by atoms with Gasteiger partial charge in [0, 0.05) is 25.4 Å². The minimum Gasteiger partial charge on any atom is -0.497 e. The number of nitrogens with zero attached hydrogens (tertiary/aromatic N) is 1. The average molecular weight is 543 g/mol. The number of ether oxygens (including phenoxy) is 3. The number of carbonyl (C=O) groups is 2. The van der Waals surface area contributed by atoms with Crippen LogP contribution in [0.25, 0.3) is 0 Å². The van der Waals surface area contributed by atoms with Gasteiger partial charge in [0.2, 0.25) is 11.8 Å². The molecule has 1 heterocycles. The largest absolute Gasteiger partial charge is 0.497 e. The number of hydrogen-bond acceptors (Lipinski definition) is 5. The third kappa shape index (κ3) is 7.14. The summed E-state index contributed by atoms with van der Waals surface area (Å²) in [5.74, 6) is 2.00. The topological polar surface area (TPSA) is 77.1 Å². The molecule has 210 valence electrons. The van der Waals surface area contributed by atoms with Gasteiger partial charge in [0.15, 0.2) is 11.5 Å². The second-order valence-corrected chi connectivity index (χ2v) is 10.5. The van der Waals surface area contributed by atoms with Crippen LogP contribution in [0.15, 0.2) is 72.8 Å². The standard InChI is InChI=1S/C33H38N2O5/c1-38-28-13-7-10-26(20-28)23-35(32(36)17-15-25-14-16-30-31(22-25)40-19-18-39-30)29(21-24-8-3-2-4-9-24)33(37)34-27-11-5-6-12-27/h2-4,7-10,13-14,16,20,22,27,29H,5-6,11-12,15,17-19,21,23H2,1H3,(H,34,37)/t29-/m1/s1. The van der Waals surface area contributed by atoms with Crippen molar-refractivity contribution in [1.82, 2.24) is 10.2 Å².